The Hall–Kier alpha value is -1.59. The van der Waals surface area contributed by atoms with E-state index in [0.717, 1.165) is 18.2 Å². The lowest BCUT2D eigenvalue weighted by Gasteiger charge is -2.11. The lowest BCUT2D eigenvalue weighted by atomic mass is 10.1. The summed E-state index contributed by atoms with van der Waals surface area (Å²) < 4.78 is 55.1. The molecule has 0 amide bonds. The highest BCUT2D eigenvalue weighted by Gasteiger charge is 2.39. The second-order valence-electron chi connectivity index (χ2n) is 4.50. The Labute approximate surface area is 108 Å². The highest BCUT2D eigenvalue weighted by atomic mass is 19.4. The fourth-order valence-corrected chi connectivity index (χ4v) is 1.32. The standard InChI is InChI=1S/C13H14F4O2/c1-8(2)5-6-19-11-7-9(3-4-10(11)14)12(18)13(15,16)17/h3-4,7-8H,5-6H2,1-2H3. The van der Waals surface area contributed by atoms with E-state index < -0.39 is 23.3 Å². The molecule has 0 radical (unpaired) electrons. The third-order valence-corrected chi connectivity index (χ3v) is 2.40. The van der Waals surface area contributed by atoms with Crippen molar-refractivity contribution in [2.24, 2.45) is 5.92 Å². The van der Waals surface area contributed by atoms with Crippen molar-refractivity contribution in [3.05, 3.63) is 29.6 Å². The first-order valence-corrected chi connectivity index (χ1v) is 5.75. The monoisotopic (exact) mass is 278 g/mol. The van der Waals surface area contributed by atoms with Crippen LogP contribution in [0.3, 0.4) is 0 Å². The van der Waals surface area contributed by atoms with E-state index in [1.807, 2.05) is 13.8 Å². The Morgan fingerprint density at radius 2 is 1.95 bits per heavy atom. The number of ether oxygens (including phenoxy) is 1. The molecule has 0 saturated heterocycles. The third-order valence-electron chi connectivity index (χ3n) is 2.40. The molecule has 1 aromatic carbocycles. The zero-order valence-electron chi connectivity index (χ0n) is 10.6. The molecule has 0 spiro atoms. The summed E-state index contributed by atoms with van der Waals surface area (Å²) in [5, 5.41) is 0. The molecule has 0 aromatic heterocycles. The molecule has 0 aliphatic heterocycles. The molecule has 2 nitrogen and oxygen atoms in total. The fraction of sp³-hybridized carbons (Fsp3) is 0.462. The van der Waals surface area contributed by atoms with E-state index in [4.69, 9.17) is 4.74 Å². The van der Waals surface area contributed by atoms with Gasteiger partial charge in [-0.1, -0.05) is 13.8 Å². The molecule has 0 unspecified atom stereocenters. The molecule has 0 bridgehead atoms. The summed E-state index contributed by atoms with van der Waals surface area (Å²) in [5.74, 6) is -2.82. The van der Waals surface area contributed by atoms with Gasteiger partial charge >= 0.3 is 6.18 Å². The average Bonchev–Trinajstić information content (AvgIpc) is 2.29. The fourth-order valence-electron chi connectivity index (χ4n) is 1.32. The number of hydrogen-bond donors (Lipinski definition) is 0. The van der Waals surface area contributed by atoms with E-state index >= 15 is 0 Å². The maximum atomic E-state index is 13.3. The minimum atomic E-state index is -4.98. The lowest BCUT2D eigenvalue weighted by molar-refractivity contribution is -0.0885. The van der Waals surface area contributed by atoms with Gasteiger partial charge in [-0.25, -0.2) is 4.39 Å². The van der Waals surface area contributed by atoms with E-state index in [-0.39, 0.29) is 12.4 Å². The quantitative estimate of drug-likeness (QED) is 0.601. The number of ketones is 1. The minimum absolute atomic E-state index is 0.179. The van der Waals surface area contributed by atoms with Gasteiger partial charge in [0.15, 0.2) is 11.6 Å². The molecular weight excluding hydrogens is 264 g/mol. The summed E-state index contributed by atoms with van der Waals surface area (Å²) in [6, 6.07) is 2.37. The average molecular weight is 278 g/mol. The Bertz CT molecular complexity index is 452. The minimum Gasteiger partial charge on any atom is -0.490 e. The molecular formula is C13H14F4O2. The Morgan fingerprint density at radius 1 is 1.32 bits per heavy atom. The van der Waals surface area contributed by atoms with Gasteiger partial charge in [0.1, 0.15) is 0 Å². The maximum absolute atomic E-state index is 13.3. The van der Waals surface area contributed by atoms with Gasteiger partial charge in [0, 0.05) is 5.56 Å². The first-order chi connectivity index (χ1) is 8.71. The van der Waals surface area contributed by atoms with Gasteiger partial charge in [0.2, 0.25) is 0 Å². The van der Waals surface area contributed by atoms with E-state index in [2.05, 4.69) is 0 Å². The molecule has 0 atom stereocenters. The lowest BCUT2D eigenvalue weighted by Crippen LogP contribution is -2.22. The van der Waals surface area contributed by atoms with Gasteiger partial charge in [0.25, 0.3) is 5.78 Å². The number of alkyl halides is 3. The van der Waals surface area contributed by atoms with Crippen LogP contribution in [0.25, 0.3) is 0 Å². The second-order valence-corrected chi connectivity index (χ2v) is 4.50. The SMILES string of the molecule is CC(C)CCOc1cc(C(=O)C(F)(F)F)ccc1F. The van der Waals surface area contributed by atoms with Crippen LogP contribution in [0.1, 0.15) is 30.6 Å². The molecule has 106 valence electrons. The molecule has 0 N–H and O–H groups in total. The van der Waals surface area contributed by atoms with Crippen molar-refractivity contribution >= 4 is 5.78 Å². The Kier molecular flexibility index (Phi) is 4.91. The first kappa shape index (κ1) is 15.5. The van der Waals surface area contributed by atoms with Crippen molar-refractivity contribution in [1.82, 2.24) is 0 Å². The van der Waals surface area contributed by atoms with Crippen molar-refractivity contribution in [2.75, 3.05) is 6.61 Å². The Balaban J connectivity index is 2.85. The summed E-state index contributed by atoms with van der Waals surface area (Å²) in [5.41, 5.74) is -0.631. The van der Waals surface area contributed by atoms with Crippen LogP contribution in [0.15, 0.2) is 18.2 Å². The molecule has 19 heavy (non-hydrogen) atoms. The largest absolute Gasteiger partial charge is 0.490 e. The zero-order valence-corrected chi connectivity index (χ0v) is 10.6. The summed E-state index contributed by atoms with van der Waals surface area (Å²) in [7, 11) is 0. The van der Waals surface area contributed by atoms with Crippen molar-refractivity contribution in [1.29, 1.82) is 0 Å². The summed E-state index contributed by atoms with van der Waals surface area (Å²) in [6.07, 6.45) is -4.34. The third kappa shape index (κ3) is 4.54. The molecule has 0 fully saturated rings. The number of carbonyl (C=O) groups excluding carboxylic acids is 1. The van der Waals surface area contributed by atoms with E-state index in [0.29, 0.717) is 12.3 Å². The van der Waals surface area contributed by atoms with E-state index in [1.165, 1.54) is 0 Å². The van der Waals surface area contributed by atoms with Crippen LogP contribution >= 0.6 is 0 Å². The highest BCUT2D eigenvalue weighted by molar-refractivity contribution is 6.00. The summed E-state index contributed by atoms with van der Waals surface area (Å²) >= 11 is 0. The number of rotatable bonds is 5. The molecule has 0 heterocycles. The zero-order chi connectivity index (χ0) is 14.6. The molecule has 1 rings (SSSR count). The number of halogens is 4. The van der Waals surface area contributed by atoms with Gasteiger partial charge in [-0.3, -0.25) is 4.79 Å². The molecule has 0 aliphatic carbocycles. The number of Topliss-reactive ketones (excluding diaryl/α,β-unsaturated/α-hetero) is 1. The van der Waals surface area contributed by atoms with Crippen molar-refractivity contribution in [3.63, 3.8) is 0 Å². The van der Waals surface area contributed by atoms with E-state index in [9.17, 15) is 22.4 Å². The number of carbonyl (C=O) groups is 1. The van der Waals surface area contributed by atoms with E-state index in [1.54, 1.807) is 0 Å². The maximum Gasteiger partial charge on any atom is 0.454 e. The van der Waals surface area contributed by atoms with Crippen molar-refractivity contribution in [2.45, 2.75) is 26.4 Å². The van der Waals surface area contributed by atoms with Crippen LogP contribution in [0.5, 0.6) is 5.75 Å². The van der Waals surface area contributed by atoms with Crippen LogP contribution in [0.2, 0.25) is 0 Å². The van der Waals surface area contributed by atoms with Crippen LogP contribution in [0.4, 0.5) is 17.6 Å². The topological polar surface area (TPSA) is 26.3 Å². The number of benzene rings is 1. The first-order valence-electron chi connectivity index (χ1n) is 5.75. The van der Waals surface area contributed by atoms with Crippen LogP contribution in [-0.2, 0) is 0 Å². The van der Waals surface area contributed by atoms with Gasteiger partial charge in [-0.15, -0.1) is 0 Å². The smallest absolute Gasteiger partial charge is 0.454 e. The summed E-state index contributed by atoms with van der Waals surface area (Å²) in [6.45, 7) is 4.05. The molecule has 6 heteroatoms. The van der Waals surface area contributed by atoms with Gasteiger partial charge in [-0.05, 0) is 30.5 Å². The number of hydrogen-bond acceptors (Lipinski definition) is 2. The van der Waals surface area contributed by atoms with Crippen LogP contribution in [0, 0.1) is 11.7 Å². The normalized spacial score (nSPS) is 11.7. The van der Waals surface area contributed by atoms with Gasteiger partial charge in [0.05, 0.1) is 6.61 Å². The van der Waals surface area contributed by atoms with Crippen molar-refractivity contribution < 1.29 is 27.1 Å². The second kappa shape index (κ2) is 6.04. The van der Waals surface area contributed by atoms with Crippen LogP contribution in [-0.4, -0.2) is 18.6 Å². The molecule has 0 saturated carbocycles. The Morgan fingerprint density at radius 3 is 2.47 bits per heavy atom. The van der Waals surface area contributed by atoms with Crippen molar-refractivity contribution in [3.8, 4) is 5.75 Å². The highest BCUT2D eigenvalue weighted by Crippen LogP contribution is 2.25. The molecule has 1 aromatic rings. The summed E-state index contributed by atoms with van der Waals surface area (Å²) in [4.78, 5) is 11.0. The van der Waals surface area contributed by atoms with Gasteiger partial charge < -0.3 is 4.74 Å². The predicted octanol–water partition coefficient (Wildman–Crippen LogP) is 4.00. The predicted molar refractivity (Wildman–Crippen MR) is 61.7 cm³/mol. The molecule has 0 aliphatic rings. The van der Waals surface area contributed by atoms with Crippen LogP contribution < -0.4 is 4.74 Å². The van der Waals surface area contributed by atoms with Gasteiger partial charge in [-0.2, -0.15) is 13.2 Å².